The van der Waals surface area contributed by atoms with Crippen molar-refractivity contribution < 1.29 is 9.18 Å². The number of fused-ring (bicyclic) bond motifs is 1. The topological polar surface area (TPSA) is 57.8 Å². The van der Waals surface area contributed by atoms with Crippen LogP contribution in [0.25, 0.3) is 10.1 Å². The Labute approximate surface area is 128 Å². The van der Waals surface area contributed by atoms with Crippen LogP contribution in [0.1, 0.15) is 15.2 Å². The van der Waals surface area contributed by atoms with Crippen molar-refractivity contribution in [2.45, 2.75) is 6.42 Å². The smallest absolute Gasteiger partial charge is 0.262 e. The zero-order valence-corrected chi connectivity index (χ0v) is 12.4. The van der Waals surface area contributed by atoms with Gasteiger partial charge in [-0.05, 0) is 24.1 Å². The van der Waals surface area contributed by atoms with Gasteiger partial charge in [-0.3, -0.25) is 9.89 Å². The lowest BCUT2D eigenvalue weighted by Gasteiger charge is -2.02. The largest absolute Gasteiger partial charge is 0.351 e. The number of halogens is 2. The van der Waals surface area contributed by atoms with Crippen molar-refractivity contribution in [3.63, 3.8) is 0 Å². The predicted molar refractivity (Wildman–Crippen MR) is 81.4 cm³/mol. The van der Waals surface area contributed by atoms with E-state index in [0.717, 1.165) is 5.56 Å². The minimum atomic E-state index is -0.411. The van der Waals surface area contributed by atoms with Gasteiger partial charge in [0, 0.05) is 22.8 Å². The molecule has 1 amide bonds. The Morgan fingerprint density at radius 1 is 1.48 bits per heavy atom. The van der Waals surface area contributed by atoms with Gasteiger partial charge in [0.15, 0.2) is 0 Å². The van der Waals surface area contributed by atoms with E-state index in [1.54, 1.807) is 24.5 Å². The summed E-state index contributed by atoms with van der Waals surface area (Å²) in [4.78, 5) is 12.5. The second-order valence-corrected chi connectivity index (χ2v) is 5.90. The molecule has 3 aromatic rings. The summed E-state index contributed by atoms with van der Waals surface area (Å²) in [5, 5.41) is 9.81. The molecule has 0 saturated heterocycles. The quantitative estimate of drug-likeness (QED) is 0.773. The molecule has 0 aliphatic carbocycles. The van der Waals surface area contributed by atoms with Crippen LogP contribution in [0, 0.1) is 5.82 Å². The van der Waals surface area contributed by atoms with E-state index in [-0.39, 0.29) is 10.9 Å². The first-order valence-corrected chi connectivity index (χ1v) is 7.48. The van der Waals surface area contributed by atoms with Crippen molar-refractivity contribution >= 4 is 38.9 Å². The molecule has 7 heteroatoms. The number of benzene rings is 1. The van der Waals surface area contributed by atoms with Crippen LogP contribution >= 0.6 is 22.9 Å². The van der Waals surface area contributed by atoms with Crippen LogP contribution in [-0.4, -0.2) is 22.6 Å². The van der Waals surface area contributed by atoms with E-state index in [1.807, 2.05) is 0 Å². The number of H-pyrrole nitrogens is 1. The molecule has 2 N–H and O–H groups in total. The molecule has 1 aromatic carbocycles. The standard InChI is InChI=1S/C14H11ClFN3OS/c15-12-11-9(16)2-1-3-10(11)21-13(12)14(20)17-5-4-8-6-18-19-7-8/h1-3,6-7H,4-5H2,(H,17,20)(H,18,19). The molecular formula is C14H11ClFN3OS. The summed E-state index contributed by atoms with van der Waals surface area (Å²) >= 11 is 7.32. The molecule has 0 aliphatic rings. The number of carbonyl (C=O) groups is 1. The van der Waals surface area contributed by atoms with Crippen molar-refractivity contribution in [1.29, 1.82) is 0 Å². The normalized spacial score (nSPS) is 11.0. The molecule has 108 valence electrons. The maximum absolute atomic E-state index is 13.7. The highest BCUT2D eigenvalue weighted by Crippen LogP contribution is 2.36. The Morgan fingerprint density at radius 3 is 3.05 bits per heavy atom. The van der Waals surface area contributed by atoms with Crippen molar-refractivity contribution in [2.24, 2.45) is 0 Å². The van der Waals surface area contributed by atoms with Crippen LogP contribution in [0.4, 0.5) is 4.39 Å². The van der Waals surface area contributed by atoms with Gasteiger partial charge in [0.1, 0.15) is 10.7 Å². The molecule has 21 heavy (non-hydrogen) atoms. The van der Waals surface area contributed by atoms with Crippen molar-refractivity contribution in [3.05, 3.63) is 51.9 Å². The number of hydrogen-bond acceptors (Lipinski definition) is 3. The van der Waals surface area contributed by atoms with Gasteiger partial charge in [-0.15, -0.1) is 11.3 Å². The Kier molecular flexibility index (Phi) is 3.90. The van der Waals surface area contributed by atoms with Gasteiger partial charge in [0.2, 0.25) is 0 Å². The Hall–Kier alpha value is -1.92. The first-order chi connectivity index (χ1) is 10.2. The monoisotopic (exact) mass is 323 g/mol. The third-order valence-electron chi connectivity index (χ3n) is 3.07. The van der Waals surface area contributed by atoms with Crippen LogP contribution in [0.5, 0.6) is 0 Å². The van der Waals surface area contributed by atoms with Gasteiger partial charge < -0.3 is 5.32 Å². The van der Waals surface area contributed by atoms with E-state index in [4.69, 9.17) is 11.6 Å². The molecule has 0 saturated carbocycles. The first-order valence-electron chi connectivity index (χ1n) is 6.29. The summed E-state index contributed by atoms with van der Waals surface area (Å²) in [6, 6.07) is 4.68. The highest BCUT2D eigenvalue weighted by Gasteiger charge is 2.19. The summed E-state index contributed by atoms with van der Waals surface area (Å²) in [5.41, 5.74) is 1.00. The molecule has 2 heterocycles. The van der Waals surface area contributed by atoms with E-state index in [9.17, 15) is 9.18 Å². The second kappa shape index (κ2) is 5.83. The van der Waals surface area contributed by atoms with E-state index in [0.29, 0.717) is 27.9 Å². The van der Waals surface area contributed by atoms with E-state index >= 15 is 0 Å². The molecular weight excluding hydrogens is 313 g/mol. The molecule has 3 rings (SSSR count). The highest BCUT2D eigenvalue weighted by molar-refractivity contribution is 7.21. The number of carbonyl (C=O) groups excluding carboxylic acids is 1. The summed E-state index contributed by atoms with van der Waals surface area (Å²) < 4.78 is 14.4. The van der Waals surface area contributed by atoms with Crippen LogP contribution in [0.3, 0.4) is 0 Å². The van der Waals surface area contributed by atoms with Gasteiger partial charge >= 0.3 is 0 Å². The fourth-order valence-electron chi connectivity index (χ4n) is 2.03. The minimum Gasteiger partial charge on any atom is -0.351 e. The Balaban J connectivity index is 1.75. The van der Waals surface area contributed by atoms with E-state index in [2.05, 4.69) is 15.5 Å². The summed E-state index contributed by atoms with van der Waals surface area (Å²) in [6.07, 6.45) is 4.14. The molecule has 0 atom stereocenters. The number of rotatable bonds is 4. The average molecular weight is 324 g/mol. The molecule has 0 spiro atoms. The number of thiophene rings is 1. The van der Waals surface area contributed by atoms with Gasteiger partial charge in [-0.2, -0.15) is 5.10 Å². The van der Waals surface area contributed by atoms with Crippen LogP contribution in [0.15, 0.2) is 30.6 Å². The maximum atomic E-state index is 13.7. The first kappa shape index (κ1) is 14.0. The zero-order chi connectivity index (χ0) is 14.8. The highest BCUT2D eigenvalue weighted by atomic mass is 35.5. The summed E-state index contributed by atoms with van der Waals surface area (Å²) in [5.74, 6) is -0.699. The Bertz CT molecular complexity index is 785. The lowest BCUT2D eigenvalue weighted by molar-refractivity contribution is 0.0958. The number of aromatic nitrogens is 2. The van der Waals surface area contributed by atoms with Gasteiger partial charge in [0.25, 0.3) is 5.91 Å². The van der Waals surface area contributed by atoms with Crippen molar-refractivity contribution in [1.82, 2.24) is 15.5 Å². The molecule has 0 unspecified atom stereocenters. The number of nitrogens with zero attached hydrogens (tertiary/aromatic N) is 1. The second-order valence-electron chi connectivity index (χ2n) is 4.47. The van der Waals surface area contributed by atoms with E-state index in [1.165, 1.54) is 17.4 Å². The minimum absolute atomic E-state index is 0.175. The molecule has 0 radical (unpaired) electrons. The lowest BCUT2D eigenvalue weighted by atomic mass is 10.2. The molecule has 0 aliphatic heterocycles. The fraction of sp³-hybridized carbons (Fsp3) is 0.143. The zero-order valence-electron chi connectivity index (χ0n) is 10.8. The molecule has 2 aromatic heterocycles. The van der Waals surface area contributed by atoms with Gasteiger partial charge in [0.05, 0.1) is 11.2 Å². The molecule has 4 nitrogen and oxygen atoms in total. The molecule has 0 fully saturated rings. The van der Waals surface area contributed by atoms with E-state index < -0.39 is 5.82 Å². The van der Waals surface area contributed by atoms with Gasteiger partial charge in [-0.25, -0.2) is 4.39 Å². The summed E-state index contributed by atoms with van der Waals surface area (Å²) in [6.45, 7) is 0.464. The van der Waals surface area contributed by atoms with Crippen LogP contribution in [0.2, 0.25) is 5.02 Å². The third kappa shape index (κ3) is 2.77. The van der Waals surface area contributed by atoms with Gasteiger partial charge in [-0.1, -0.05) is 17.7 Å². The SMILES string of the molecule is O=C(NCCc1cn[nH]c1)c1sc2cccc(F)c2c1Cl. The molecule has 0 bridgehead atoms. The number of aromatic amines is 1. The lowest BCUT2D eigenvalue weighted by Crippen LogP contribution is -2.25. The van der Waals surface area contributed by atoms with Crippen molar-refractivity contribution in [2.75, 3.05) is 6.54 Å². The number of nitrogens with one attached hydrogen (secondary N) is 2. The number of hydrogen-bond donors (Lipinski definition) is 2. The summed E-state index contributed by atoms with van der Waals surface area (Å²) in [7, 11) is 0. The van der Waals surface area contributed by atoms with Crippen LogP contribution in [-0.2, 0) is 6.42 Å². The maximum Gasteiger partial charge on any atom is 0.262 e. The number of amides is 1. The fourth-order valence-corrected chi connectivity index (χ4v) is 3.51. The van der Waals surface area contributed by atoms with Crippen molar-refractivity contribution in [3.8, 4) is 0 Å². The average Bonchev–Trinajstić information content (AvgIpc) is 3.08. The Morgan fingerprint density at radius 2 is 2.33 bits per heavy atom. The predicted octanol–water partition coefficient (Wildman–Crippen LogP) is 3.39. The third-order valence-corrected chi connectivity index (χ3v) is 4.71. The van der Waals surface area contributed by atoms with Crippen LogP contribution < -0.4 is 5.32 Å².